The molecule has 0 N–H and O–H groups in total. The van der Waals surface area contributed by atoms with Crippen LogP contribution in [0.4, 0.5) is 0 Å². The Kier molecular flexibility index (Phi) is 4.46. The van der Waals surface area contributed by atoms with Crippen molar-refractivity contribution in [2.24, 2.45) is 0 Å². The predicted octanol–water partition coefficient (Wildman–Crippen LogP) is 3.42. The van der Waals surface area contributed by atoms with Crippen molar-refractivity contribution >= 4 is 34.2 Å². The van der Waals surface area contributed by atoms with E-state index >= 15 is 0 Å². The molecule has 0 aliphatic heterocycles. The Morgan fingerprint density at radius 2 is 2.33 bits per heavy atom. The highest BCUT2D eigenvalue weighted by Gasteiger charge is 1.91. The molecule has 1 nitrogen and oxygen atoms in total. The molecule has 0 fully saturated rings. The van der Waals surface area contributed by atoms with E-state index in [0.29, 0.717) is 6.61 Å². The van der Waals surface area contributed by atoms with E-state index < -0.39 is 0 Å². The summed E-state index contributed by atoms with van der Waals surface area (Å²) in [5.41, 5.74) is 1.45. The van der Waals surface area contributed by atoms with Gasteiger partial charge in [0.05, 0.1) is 0 Å². The van der Waals surface area contributed by atoms with Gasteiger partial charge in [0, 0.05) is 9.11 Å². The second-order valence-electron chi connectivity index (χ2n) is 2.13. The topological polar surface area (TPSA) is 9.23 Å². The maximum atomic E-state index is 5.35. The van der Waals surface area contributed by atoms with E-state index in [9.17, 15) is 0 Å². The van der Waals surface area contributed by atoms with Gasteiger partial charge in [-0.1, -0.05) is 17.7 Å². The monoisotopic (exact) mass is 294 g/mol. The van der Waals surface area contributed by atoms with Crippen molar-refractivity contribution in [2.75, 3.05) is 6.61 Å². The number of hydrogen-bond donors (Lipinski definition) is 0. The van der Waals surface area contributed by atoms with Gasteiger partial charge in [-0.05, 0) is 46.9 Å². The standard InChI is InChI=1S/C9H8ClIO/c10-5-2-6-12-9-4-1-3-8(11)7-9/h1-5,7H,6H2. The van der Waals surface area contributed by atoms with Gasteiger partial charge < -0.3 is 4.74 Å². The molecule has 0 unspecified atom stereocenters. The van der Waals surface area contributed by atoms with Crippen LogP contribution < -0.4 is 4.74 Å². The molecule has 0 saturated heterocycles. The third-order valence-corrected chi connectivity index (χ3v) is 2.08. The molecule has 0 saturated carbocycles. The Morgan fingerprint density at radius 3 is 3.00 bits per heavy atom. The normalized spacial score (nSPS) is 10.5. The van der Waals surface area contributed by atoms with Crippen molar-refractivity contribution in [2.45, 2.75) is 0 Å². The third kappa shape index (κ3) is 3.45. The molecule has 1 aromatic rings. The SMILES string of the molecule is ClC=CCOc1cccc(I)c1. The summed E-state index contributed by atoms with van der Waals surface area (Å²) in [5, 5.41) is 0. The lowest BCUT2D eigenvalue weighted by atomic mass is 10.3. The van der Waals surface area contributed by atoms with Crippen LogP contribution in [0.25, 0.3) is 0 Å². The van der Waals surface area contributed by atoms with Gasteiger partial charge >= 0.3 is 0 Å². The molecule has 64 valence electrons. The quantitative estimate of drug-likeness (QED) is 0.776. The molecule has 0 bridgehead atoms. The molecule has 0 aliphatic carbocycles. The van der Waals surface area contributed by atoms with Crippen molar-refractivity contribution in [3.63, 3.8) is 0 Å². The fraction of sp³-hybridized carbons (Fsp3) is 0.111. The van der Waals surface area contributed by atoms with Crippen LogP contribution in [0, 0.1) is 3.57 Å². The zero-order valence-corrected chi connectivity index (χ0v) is 9.25. The molecule has 0 heterocycles. The van der Waals surface area contributed by atoms with Gasteiger partial charge in [0.2, 0.25) is 0 Å². The molecule has 0 radical (unpaired) electrons. The van der Waals surface area contributed by atoms with Gasteiger partial charge in [0.15, 0.2) is 0 Å². The Hall–Kier alpha value is -0.220. The van der Waals surface area contributed by atoms with Crippen LogP contribution in [0.15, 0.2) is 35.9 Å². The van der Waals surface area contributed by atoms with E-state index in [1.165, 1.54) is 9.11 Å². The van der Waals surface area contributed by atoms with E-state index in [2.05, 4.69) is 22.6 Å². The zero-order chi connectivity index (χ0) is 8.81. The highest BCUT2D eigenvalue weighted by Crippen LogP contribution is 2.14. The average molecular weight is 295 g/mol. The van der Waals surface area contributed by atoms with E-state index in [-0.39, 0.29) is 0 Å². The fourth-order valence-electron chi connectivity index (χ4n) is 0.737. The third-order valence-electron chi connectivity index (χ3n) is 1.23. The number of rotatable bonds is 3. The van der Waals surface area contributed by atoms with Crippen molar-refractivity contribution in [1.29, 1.82) is 0 Å². The minimum Gasteiger partial charge on any atom is -0.489 e. The summed E-state index contributed by atoms with van der Waals surface area (Å²) in [6.07, 6.45) is 1.75. The summed E-state index contributed by atoms with van der Waals surface area (Å²) in [5.74, 6) is 0.872. The van der Waals surface area contributed by atoms with Gasteiger partial charge in [0.25, 0.3) is 0 Å². The Morgan fingerprint density at radius 1 is 1.50 bits per heavy atom. The summed E-state index contributed by atoms with van der Waals surface area (Å²) >= 11 is 7.58. The average Bonchev–Trinajstić information content (AvgIpc) is 2.05. The number of hydrogen-bond acceptors (Lipinski definition) is 1. The van der Waals surface area contributed by atoms with Crippen molar-refractivity contribution in [3.05, 3.63) is 39.4 Å². The molecular weight excluding hydrogens is 286 g/mol. The first kappa shape index (κ1) is 9.86. The van der Waals surface area contributed by atoms with E-state index in [1.54, 1.807) is 6.08 Å². The Labute approximate surface area is 90.5 Å². The van der Waals surface area contributed by atoms with Crippen LogP contribution in [0.5, 0.6) is 5.75 Å². The minimum absolute atomic E-state index is 0.517. The summed E-state index contributed by atoms with van der Waals surface area (Å²) < 4.78 is 6.52. The van der Waals surface area contributed by atoms with Crippen molar-refractivity contribution in [3.8, 4) is 5.75 Å². The maximum absolute atomic E-state index is 5.35. The molecule has 3 heteroatoms. The molecule has 0 aliphatic rings. The first-order valence-corrected chi connectivity index (χ1v) is 4.98. The highest BCUT2D eigenvalue weighted by molar-refractivity contribution is 14.1. The smallest absolute Gasteiger partial charge is 0.120 e. The van der Waals surface area contributed by atoms with Crippen LogP contribution in [0.1, 0.15) is 0 Å². The molecule has 0 amide bonds. The van der Waals surface area contributed by atoms with Gasteiger partial charge in [0.1, 0.15) is 12.4 Å². The van der Waals surface area contributed by atoms with E-state index in [1.807, 2.05) is 24.3 Å². The van der Waals surface area contributed by atoms with Gasteiger partial charge in [-0.15, -0.1) is 0 Å². The second-order valence-corrected chi connectivity index (χ2v) is 3.63. The highest BCUT2D eigenvalue weighted by atomic mass is 127. The Bertz CT molecular complexity index is 273. The predicted molar refractivity (Wildman–Crippen MR) is 59.6 cm³/mol. The summed E-state index contributed by atoms with van der Waals surface area (Å²) in [6.45, 7) is 0.517. The lowest BCUT2D eigenvalue weighted by Crippen LogP contribution is -1.92. The fourth-order valence-corrected chi connectivity index (χ4v) is 1.32. The zero-order valence-electron chi connectivity index (χ0n) is 6.34. The first-order valence-electron chi connectivity index (χ1n) is 3.46. The lowest BCUT2D eigenvalue weighted by Gasteiger charge is -2.01. The van der Waals surface area contributed by atoms with Crippen LogP contribution >= 0.6 is 34.2 Å². The summed E-state index contributed by atoms with van der Waals surface area (Å²) in [7, 11) is 0. The molecule has 0 atom stereocenters. The van der Waals surface area contributed by atoms with E-state index in [0.717, 1.165) is 5.75 Å². The molecule has 1 rings (SSSR count). The van der Waals surface area contributed by atoms with Crippen LogP contribution in [0.2, 0.25) is 0 Å². The van der Waals surface area contributed by atoms with Gasteiger partial charge in [-0.2, -0.15) is 0 Å². The summed E-state index contributed by atoms with van der Waals surface area (Å²) in [4.78, 5) is 0. The van der Waals surface area contributed by atoms with Crippen LogP contribution in [-0.2, 0) is 0 Å². The molecule has 1 aromatic carbocycles. The molecule has 12 heavy (non-hydrogen) atoms. The Balaban J connectivity index is 2.52. The number of ether oxygens (including phenoxy) is 1. The number of halogens is 2. The van der Waals surface area contributed by atoms with Gasteiger partial charge in [-0.25, -0.2) is 0 Å². The summed E-state index contributed by atoms with van der Waals surface area (Å²) in [6, 6.07) is 7.87. The van der Waals surface area contributed by atoms with E-state index in [4.69, 9.17) is 16.3 Å². The maximum Gasteiger partial charge on any atom is 0.120 e. The number of benzene rings is 1. The molecule has 0 spiro atoms. The molecular formula is C9H8ClIO. The van der Waals surface area contributed by atoms with Gasteiger partial charge in [-0.3, -0.25) is 0 Å². The van der Waals surface area contributed by atoms with Crippen LogP contribution in [0.3, 0.4) is 0 Å². The van der Waals surface area contributed by atoms with Crippen LogP contribution in [-0.4, -0.2) is 6.61 Å². The molecule has 0 aromatic heterocycles. The minimum atomic E-state index is 0.517. The van der Waals surface area contributed by atoms with Crippen molar-refractivity contribution in [1.82, 2.24) is 0 Å². The largest absolute Gasteiger partial charge is 0.489 e. The first-order chi connectivity index (χ1) is 5.83. The van der Waals surface area contributed by atoms with Crippen molar-refractivity contribution < 1.29 is 4.74 Å². The lowest BCUT2D eigenvalue weighted by molar-refractivity contribution is 0.363. The second kappa shape index (κ2) is 5.43.